The average Bonchev–Trinajstić information content (AvgIpc) is 2.70. The fraction of sp³-hybridized carbons (Fsp3) is 0.722. The number of morpholine rings is 1. The highest BCUT2D eigenvalue weighted by molar-refractivity contribution is 5.92. The van der Waals surface area contributed by atoms with E-state index in [9.17, 15) is 15.0 Å². The lowest BCUT2D eigenvalue weighted by atomic mass is 9.74. The van der Waals surface area contributed by atoms with Crippen molar-refractivity contribution >= 4 is 11.7 Å². The summed E-state index contributed by atoms with van der Waals surface area (Å²) in [6.45, 7) is 5.30. The maximum atomic E-state index is 12.6. The van der Waals surface area contributed by atoms with Gasteiger partial charge in [-0.15, -0.1) is 0 Å². The molecule has 8 nitrogen and oxygen atoms in total. The van der Waals surface area contributed by atoms with E-state index in [1.165, 1.54) is 6.20 Å². The first-order chi connectivity index (χ1) is 12.6. The quantitative estimate of drug-likeness (QED) is 0.775. The van der Waals surface area contributed by atoms with Gasteiger partial charge in [-0.25, -0.2) is 4.98 Å². The molecule has 0 unspecified atom stereocenters. The summed E-state index contributed by atoms with van der Waals surface area (Å²) < 4.78 is 5.29. The van der Waals surface area contributed by atoms with Gasteiger partial charge in [-0.1, -0.05) is 13.3 Å². The topological polar surface area (TPSA) is 99.0 Å². The van der Waals surface area contributed by atoms with Gasteiger partial charge in [-0.05, 0) is 12.8 Å². The zero-order chi connectivity index (χ0) is 18.6. The van der Waals surface area contributed by atoms with Crippen LogP contribution in [0.25, 0.3) is 0 Å². The van der Waals surface area contributed by atoms with Gasteiger partial charge in [0, 0.05) is 31.6 Å². The Kier molecular flexibility index (Phi) is 6.05. The van der Waals surface area contributed by atoms with Crippen LogP contribution in [0, 0.1) is 5.41 Å². The molecule has 8 heteroatoms. The highest BCUT2D eigenvalue weighted by Gasteiger charge is 2.42. The molecule has 1 aromatic rings. The molecule has 0 spiro atoms. The smallest absolute Gasteiger partial charge is 0.274 e. The van der Waals surface area contributed by atoms with Crippen LogP contribution in [0.4, 0.5) is 5.82 Å². The van der Waals surface area contributed by atoms with Gasteiger partial charge in [0.05, 0.1) is 38.3 Å². The van der Waals surface area contributed by atoms with Crippen LogP contribution in [-0.4, -0.2) is 83.1 Å². The van der Waals surface area contributed by atoms with Crippen LogP contribution in [0.3, 0.4) is 0 Å². The molecule has 3 rings (SSSR count). The summed E-state index contributed by atoms with van der Waals surface area (Å²) in [5.41, 5.74) is -0.237. The molecule has 1 amide bonds. The Morgan fingerprint density at radius 1 is 1.35 bits per heavy atom. The van der Waals surface area contributed by atoms with Gasteiger partial charge < -0.3 is 24.7 Å². The van der Waals surface area contributed by atoms with Crippen molar-refractivity contribution in [1.29, 1.82) is 0 Å². The largest absolute Gasteiger partial charge is 0.396 e. The minimum absolute atomic E-state index is 0.0711. The number of aliphatic hydroxyl groups excluding tert-OH is 2. The van der Waals surface area contributed by atoms with Crippen LogP contribution >= 0.6 is 0 Å². The van der Waals surface area contributed by atoms with Gasteiger partial charge in [0.2, 0.25) is 0 Å². The summed E-state index contributed by atoms with van der Waals surface area (Å²) in [6.07, 6.45) is 4.78. The molecule has 0 bridgehead atoms. The Morgan fingerprint density at radius 3 is 2.81 bits per heavy atom. The predicted molar refractivity (Wildman–Crippen MR) is 96.0 cm³/mol. The molecule has 0 saturated carbocycles. The highest BCUT2D eigenvalue weighted by Crippen LogP contribution is 2.36. The molecule has 2 atom stereocenters. The highest BCUT2D eigenvalue weighted by atomic mass is 16.5. The number of aliphatic hydroxyl groups is 2. The van der Waals surface area contributed by atoms with Crippen molar-refractivity contribution in [1.82, 2.24) is 14.9 Å². The standard InChI is InChI=1S/C18H28N4O4/c1-2-4-18(13-23)12-22(5-3-15(18)24)16-11-19-10-14(20-16)17(25)21-6-8-26-9-7-21/h10-11,15,23-24H,2-9,12-13H2,1H3/t15-,18-/m0/s1. The lowest BCUT2D eigenvalue weighted by Gasteiger charge is -2.45. The van der Waals surface area contributed by atoms with Crippen LogP contribution < -0.4 is 4.90 Å². The van der Waals surface area contributed by atoms with E-state index in [0.717, 1.165) is 12.8 Å². The van der Waals surface area contributed by atoms with E-state index < -0.39 is 11.5 Å². The molecule has 2 aliphatic heterocycles. The van der Waals surface area contributed by atoms with Crippen LogP contribution in [0.5, 0.6) is 0 Å². The van der Waals surface area contributed by atoms with E-state index in [0.29, 0.717) is 57.3 Å². The van der Waals surface area contributed by atoms with Crippen molar-refractivity contribution in [3.05, 3.63) is 18.1 Å². The zero-order valence-corrected chi connectivity index (χ0v) is 15.3. The predicted octanol–water partition coefficient (Wildman–Crippen LogP) is 0.299. The van der Waals surface area contributed by atoms with E-state index in [1.54, 1.807) is 11.1 Å². The Balaban J connectivity index is 1.78. The Morgan fingerprint density at radius 2 is 2.12 bits per heavy atom. The number of nitrogens with zero attached hydrogens (tertiary/aromatic N) is 4. The van der Waals surface area contributed by atoms with E-state index in [2.05, 4.69) is 9.97 Å². The minimum atomic E-state index is -0.557. The number of carbonyl (C=O) groups is 1. The molecule has 2 aliphatic rings. The molecule has 26 heavy (non-hydrogen) atoms. The lowest BCUT2D eigenvalue weighted by Crippen LogP contribution is -2.54. The summed E-state index contributed by atoms with van der Waals surface area (Å²) in [4.78, 5) is 25.1. The monoisotopic (exact) mass is 364 g/mol. The van der Waals surface area contributed by atoms with Crippen LogP contribution in [-0.2, 0) is 4.74 Å². The number of anilines is 1. The number of amides is 1. The Labute approximate surface area is 153 Å². The van der Waals surface area contributed by atoms with E-state index >= 15 is 0 Å². The van der Waals surface area contributed by atoms with Crippen LogP contribution in [0.15, 0.2) is 12.4 Å². The van der Waals surface area contributed by atoms with Crippen LogP contribution in [0.1, 0.15) is 36.7 Å². The van der Waals surface area contributed by atoms with Gasteiger partial charge in [0.15, 0.2) is 0 Å². The van der Waals surface area contributed by atoms with Gasteiger partial charge in [0.25, 0.3) is 5.91 Å². The summed E-state index contributed by atoms with van der Waals surface area (Å²) in [5.74, 6) is 0.478. The molecule has 0 aromatic carbocycles. The maximum Gasteiger partial charge on any atom is 0.274 e. The number of rotatable bonds is 5. The fourth-order valence-electron chi connectivity index (χ4n) is 3.86. The maximum absolute atomic E-state index is 12.6. The van der Waals surface area contributed by atoms with Crippen molar-refractivity contribution in [2.24, 2.45) is 5.41 Å². The number of piperidine rings is 1. The number of hydrogen-bond donors (Lipinski definition) is 2. The first-order valence-corrected chi connectivity index (χ1v) is 9.32. The second-order valence-electron chi connectivity index (χ2n) is 7.16. The summed E-state index contributed by atoms with van der Waals surface area (Å²) in [5, 5.41) is 20.4. The van der Waals surface area contributed by atoms with Gasteiger partial charge in [0.1, 0.15) is 11.5 Å². The second-order valence-corrected chi connectivity index (χ2v) is 7.16. The number of carbonyl (C=O) groups excluding carboxylic acids is 1. The normalized spacial score (nSPS) is 26.8. The van der Waals surface area contributed by atoms with E-state index in [1.807, 2.05) is 11.8 Å². The molecule has 0 radical (unpaired) electrons. The zero-order valence-electron chi connectivity index (χ0n) is 15.3. The number of aromatic nitrogens is 2. The van der Waals surface area contributed by atoms with Crippen molar-refractivity contribution in [3.63, 3.8) is 0 Å². The number of ether oxygens (including phenoxy) is 1. The molecule has 2 fully saturated rings. The molecule has 2 saturated heterocycles. The van der Waals surface area contributed by atoms with Gasteiger partial charge >= 0.3 is 0 Å². The van der Waals surface area contributed by atoms with Crippen molar-refractivity contribution < 1.29 is 19.7 Å². The molecule has 2 N–H and O–H groups in total. The molecule has 0 aliphatic carbocycles. The third kappa shape index (κ3) is 3.82. The third-order valence-electron chi connectivity index (χ3n) is 5.41. The van der Waals surface area contributed by atoms with Crippen molar-refractivity contribution in [2.45, 2.75) is 32.3 Å². The summed E-state index contributed by atoms with van der Waals surface area (Å²) in [6, 6.07) is 0. The second kappa shape index (κ2) is 8.28. The minimum Gasteiger partial charge on any atom is -0.396 e. The molecule has 1 aromatic heterocycles. The first kappa shape index (κ1) is 19.0. The molecule has 144 valence electrons. The van der Waals surface area contributed by atoms with Crippen LogP contribution in [0.2, 0.25) is 0 Å². The first-order valence-electron chi connectivity index (χ1n) is 9.32. The van der Waals surface area contributed by atoms with Crippen molar-refractivity contribution in [2.75, 3.05) is 50.9 Å². The number of hydrogen-bond acceptors (Lipinski definition) is 7. The van der Waals surface area contributed by atoms with Crippen molar-refractivity contribution in [3.8, 4) is 0 Å². The van der Waals surface area contributed by atoms with E-state index in [4.69, 9.17) is 4.74 Å². The van der Waals surface area contributed by atoms with E-state index in [-0.39, 0.29) is 12.5 Å². The molecule has 3 heterocycles. The SMILES string of the molecule is CCC[C@@]1(CO)CN(c2cncc(C(=O)N3CCOCC3)n2)CC[C@@H]1O. The van der Waals surface area contributed by atoms with Gasteiger partial charge in [-0.2, -0.15) is 0 Å². The Hall–Kier alpha value is -1.77. The fourth-order valence-corrected chi connectivity index (χ4v) is 3.86. The third-order valence-corrected chi connectivity index (χ3v) is 5.41. The summed E-state index contributed by atoms with van der Waals surface area (Å²) in [7, 11) is 0. The molecular formula is C18H28N4O4. The summed E-state index contributed by atoms with van der Waals surface area (Å²) >= 11 is 0. The average molecular weight is 364 g/mol. The molecular weight excluding hydrogens is 336 g/mol. The Bertz CT molecular complexity index is 623. The lowest BCUT2D eigenvalue weighted by molar-refractivity contribution is -0.0353. The van der Waals surface area contributed by atoms with Gasteiger partial charge in [-0.3, -0.25) is 9.78 Å².